The number of anilines is 1. The summed E-state index contributed by atoms with van der Waals surface area (Å²) in [5, 5.41) is 29.4. The zero-order valence-electron chi connectivity index (χ0n) is 16.0. The van der Waals surface area contributed by atoms with Gasteiger partial charge in [0.25, 0.3) is 0 Å². The molecule has 2 saturated heterocycles. The minimum atomic E-state index is 0.286. The lowest BCUT2D eigenvalue weighted by Crippen LogP contribution is -2.60. The van der Waals surface area contributed by atoms with E-state index in [9.17, 15) is 5.11 Å². The topological polar surface area (TPSA) is 73.3 Å². The van der Waals surface area contributed by atoms with Gasteiger partial charge in [0.2, 0.25) is 0 Å². The Bertz CT molecular complexity index is 1000. The maximum Gasteiger partial charge on any atom is 0.149 e. The zero-order chi connectivity index (χ0) is 19.1. The van der Waals surface area contributed by atoms with Gasteiger partial charge in [0.1, 0.15) is 11.6 Å². The van der Waals surface area contributed by atoms with Gasteiger partial charge >= 0.3 is 0 Å². The van der Waals surface area contributed by atoms with E-state index in [2.05, 4.69) is 25.7 Å². The first-order chi connectivity index (χ1) is 13.7. The number of aromatic nitrogens is 2. The zero-order valence-corrected chi connectivity index (χ0v) is 16.8. The monoisotopic (exact) mass is 395 g/mol. The number of piperidine rings is 1. The van der Waals surface area contributed by atoms with Gasteiger partial charge in [-0.1, -0.05) is 0 Å². The predicted molar refractivity (Wildman–Crippen MR) is 114 cm³/mol. The third-order valence-corrected chi connectivity index (χ3v) is 6.81. The highest BCUT2D eigenvalue weighted by atomic mass is 32.1. The van der Waals surface area contributed by atoms with Crippen molar-refractivity contribution in [3.8, 4) is 17.0 Å². The number of fused-ring (bicyclic) bond motifs is 1. The Labute approximate surface area is 168 Å². The smallest absolute Gasteiger partial charge is 0.149 e. The summed E-state index contributed by atoms with van der Waals surface area (Å²) in [4.78, 5) is 2.58. The molecule has 146 valence electrons. The van der Waals surface area contributed by atoms with E-state index in [1.54, 1.807) is 11.3 Å². The molecule has 0 radical (unpaired) electrons. The molecule has 2 aliphatic heterocycles. The Morgan fingerprint density at radius 2 is 2.14 bits per heavy atom. The van der Waals surface area contributed by atoms with Crippen molar-refractivity contribution in [1.82, 2.24) is 20.4 Å². The minimum absolute atomic E-state index is 0.286. The number of likely N-dealkylation sites (tertiary alicyclic amines) is 1. The number of rotatable bonds is 4. The average Bonchev–Trinajstić information content (AvgIpc) is 3.12. The lowest BCUT2D eigenvalue weighted by molar-refractivity contribution is 0.115. The molecule has 6 nitrogen and oxygen atoms in total. The first-order valence-electron chi connectivity index (χ1n) is 9.94. The number of aromatic hydroxyl groups is 1. The van der Waals surface area contributed by atoms with Crippen molar-refractivity contribution in [2.24, 2.45) is 0 Å². The van der Waals surface area contributed by atoms with Crippen molar-refractivity contribution in [3.05, 3.63) is 35.2 Å². The van der Waals surface area contributed by atoms with Crippen LogP contribution in [0.4, 0.5) is 5.82 Å². The molecule has 0 saturated carbocycles. The minimum Gasteiger partial charge on any atom is -0.507 e. The highest BCUT2D eigenvalue weighted by molar-refractivity contribution is 7.17. The standard InChI is InChI=1S/C21H25N5OS/c1-13-9-19(23-14-3-2-7-26(12-14)15-10-22-11-15)24-25-20(13)17-4-5-18-16(21(17)27)6-8-28-18/h4-6,8-9,14-15,22,27H,2-3,7,10-12H2,1H3,(H,23,24)/t14-/m1/s1. The van der Waals surface area contributed by atoms with Gasteiger partial charge in [-0.3, -0.25) is 4.90 Å². The third kappa shape index (κ3) is 3.23. The Hall–Kier alpha value is -2.22. The Morgan fingerprint density at radius 3 is 2.93 bits per heavy atom. The van der Waals surface area contributed by atoms with Crippen LogP contribution in [-0.4, -0.2) is 58.5 Å². The number of hydrogen-bond donors (Lipinski definition) is 3. The second-order valence-electron chi connectivity index (χ2n) is 7.85. The molecule has 1 atom stereocenters. The maximum absolute atomic E-state index is 10.7. The van der Waals surface area contributed by atoms with Crippen molar-refractivity contribution in [3.63, 3.8) is 0 Å². The van der Waals surface area contributed by atoms with E-state index >= 15 is 0 Å². The van der Waals surface area contributed by atoms with E-state index in [0.29, 0.717) is 12.1 Å². The summed E-state index contributed by atoms with van der Waals surface area (Å²) in [6.07, 6.45) is 2.38. The first kappa shape index (κ1) is 17.8. The first-order valence-corrected chi connectivity index (χ1v) is 10.8. The van der Waals surface area contributed by atoms with Gasteiger partial charge in [0.05, 0.1) is 5.69 Å². The van der Waals surface area contributed by atoms with E-state index in [1.165, 1.54) is 13.0 Å². The third-order valence-electron chi connectivity index (χ3n) is 5.93. The van der Waals surface area contributed by atoms with Gasteiger partial charge in [-0.15, -0.1) is 21.5 Å². The molecule has 0 unspecified atom stereocenters. The van der Waals surface area contributed by atoms with Crippen LogP contribution in [0.2, 0.25) is 0 Å². The number of phenols is 1. The predicted octanol–water partition coefficient (Wildman–Crippen LogP) is 3.22. The summed E-state index contributed by atoms with van der Waals surface area (Å²) in [7, 11) is 0. The molecule has 4 heterocycles. The van der Waals surface area contributed by atoms with Crippen LogP contribution in [-0.2, 0) is 0 Å². The van der Waals surface area contributed by atoms with Gasteiger partial charge in [0.15, 0.2) is 0 Å². The molecule has 2 fully saturated rings. The molecule has 0 amide bonds. The number of thiophene rings is 1. The van der Waals surface area contributed by atoms with E-state index in [-0.39, 0.29) is 5.75 Å². The van der Waals surface area contributed by atoms with E-state index in [4.69, 9.17) is 0 Å². The highest BCUT2D eigenvalue weighted by Crippen LogP contribution is 2.38. The van der Waals surface area contributed by atoms with E-state index in [0.717, 1.165) is 58.8 Å². The Kier molecular flexibility index (Phi) is 4.66. The van der Waals surface area contributed by atoms with Gasteiger partial charge in [-0.25, -0.2) is 0 Å². The SMILES string of the molecule is Cc1cc(N[C@@H]2CCCN(C3CNC3)C2)nnc1-c1ccc2sccc2c1O. The summed E-state index contributed by atoms with van der Waals surface area (Å²) in [6.45, 7) is 6.50. The molecular formula is C21H25N5OS. The van der Waals surface area contributed by atoms with Crippen molar-refractivity contribution in [2.75, 3.05) is 31.5 Å². The molecule has 28 heavy (non-hydrogen) atoms. The van der Waals surface area contributed by atoms with Crippen molar-refractivity contribution in [2.45, 2.75) is 31.8 Å². The quantitative estimate of drug-likeness (QED) is 0.630. The fourth-order valence-corrected chi connectivity index (χ4v) is 5.03. The molecule has 1 aromatic carbocycles. The average molecular weight is 396 g/mol. The number of phenolic OH excluding ortho intramolecular Hbond substituents is 1. The van der Waals surface area contributed by atoms with Crippen LogP contribution in [0, 0.1) is 6.92 Å². The van der Waals surface area contributed by atoms with E-state index in [1.807, 2.05) is 36.6 Å². The van der Waals surface area contributed by atoms with Crippen molar-refractivity contribution < 1.29 is 5.11 Å². The number of aryl methyl sites for hydroxylation is 1. The summed E-state index contributed by atoms with van der Waals surface area (Å²) in [6, 6.07) is 9.06. The molecule has 0 bridgehead atoms. The van der Waals surface area contributed by atoms with Crippen LogP contribution >= 0.6 is 11.3 Å². The van der Waals surface area contributed by atoms with Crippen LogP contribution in [0.15, 0.2) is 29.6 Å². The largest absolute Gasteiger partial charge is 0.507 e. The van der Waals surface area contributed by atoms with Gasteiger partial charge in [-0.2, -0.15) is 0 Å². The summed E-state index contributed by atoms with van der Waals surface area (Å²) in [5.74, 6) is 1.10. The van der Waals surface area contributed by atoms with E-state index < -0.39 is 0 Å². The van der Waals surface area contributed by atoms with Crippen LogP contribution in [0.25, 0.3) is 21.3 Å². The molecule has 3 aromatic rings. The van der Waals surface area contributed by atoms with Crippen LogP contribution in [0.5, 0.6) is 5.75 Å². The Balaban J connectivity index is 1.35. The van der Waals surface area contributed by atoms with Gasteiger partial charge < -0.3 is 15.7 Å². The molecular weight excluding hydrogens is 370 g/mol. The van der Waals surface area contributed by atoms with Gasteiger partial charge in [0, 0.05) is 47.4 Å². The summed E-state index contributed by atoms with van der Waals surface area (Å²) < 4.78 is 1.08. The molecule has 2 aliphatic rings. The van der Waals surface area contributed by atoms with Crippen molar-refractivity contribution in [1.29, 1.82) is 0 Å². The summed E-state index contributed by atoms with van der Waals surface area (Å²) in [5.41, 5.74) is 2.49. The summed E-state index contributed by atoms with van der Waals surface area (Å²) >= 11 is 1.63. The molecule has 2 aromatic heterocycles. The van der Waals surface area contributed by atoms with Crippen molar-refractivity contribution >= 4 is 27.2 Å². The molecule has 7 heteroatoms. The lowest BCUT2D eigenvalue weighted by Gasteiger charge is -2.43. The van der Waals surface area contributed by atoms with Crippen LogP contribution < -0.4 is 10.6 Å². The normalized spacial score (nSPS) is 21.0. The maximum atomic E-state index is 10.7. The van der Waals surface area contributed by atoms with Gasteiger partial charge in [-0.05, 0) is 61.5 Å². The number of nitrogens with one attached hydrogen (secondary N) is 2. The number of benzene rings is 1. The molecule has 0 spiro atoms. The number of hydrogen-bond acceptors (Lipinski definition) is 7. The van der Waals surface area contributed by atoms with Crippen LogP contribution in [0.3, 0.4) is 0 Å². The molecule has 3 N–H and O–H groups in total. The highest BCUT2D eigenvalue weighted by Gasteiger charge is 2.29. The molecule has 0 aliphatic carbocycles. The fourth-order valence-electron chi connectivity index (χ4n) is 4.24. The second kappa shape index (κ2) is 7.31. The fraction of sp³-hybridized carbons (Fsp3) is 0.429. The number of nitrogens with zero attached hydrogens (tertiary/aromatic N) is 3. The lowest BCUT2D eigenvalue weighted by atomic mass is 10.0. The van der Waals surface area contributed by atoms with Crippen LogP contribution in [0.1, 0.15) is 18.4 Å². The molecule has 5 rings (SSSR count). The Morgan fingerprint density at radius 1 is 1.25 bits per heavy atom. The second-order valence-corrected chi connectivity index (χ2v) is 8.79.